The summed E-state index contributed by atoms with van der Waals surface area (Å²) < 4.78 is 10.5. The number of aryl methyl sites for hydroxylation is 3. The summed E-state index contributed by atoms with van der Waals surface area (Å²) >= 11 is 0. The molecule has 0 aliphatic rings. The van der Waals surface area contributed by atoms with Crippen molar-refractivity contribution in [2.45, 2.75) is 27.3 Å². The molecule has 7 heteroatoms. The minimum absolute atomic E-state index is 0.0745. The number of carbonyl (C=O) groups is 1. The van der Waals surface area contributed by atoms with E-state index in [0.717, 1.165) is 33.8 Å². The molecule has 7 nitrogen and oxygen atoms in total. The molecule has 0 atom stereocenters. The van der Waals surface area contributed by atoms with E-state index in [-0.39, 0.29) is 5.91 Å². The van der Waals surface area contributed by atoms with Crippen molar-refractivity contribution in [1.29, 1.82) is 0 Å². The Morgan fingerprint density at radius 3 is 2.41 bits per heavy atom. The molecule has 0 aliphatic carbocycles. The summed E-state index contributed by atoms with van der Waals surface area (Å²) in [5.41, 5.74) is 4.87. The van der Waals surface area contributed by atoms with Crippen LogP contribution in [-0.4, -0.2) is 40.1 Å². The van der Waals surface area contributed by atoms with Gasteiger partial charge in [-0.3, -0.25) is 4.79 Å². The van der Waals surface area contributed by atoms with Gasteiger partial charge in [0.25, 0.3) is 5.91 Å². The van der Waals surface area contributed by atoms with Gasteiger partial charge in [0.05, 0.1) is 30.6 Å². The zero-order valence-corrected chi connectivity index (χ0v) is 16.1. The molecule has 2 heterocycles. The average Bonchev–Trinajstić information content (AvgIpc) is 2.99. The predicted molar refractivity (Wildman–Crippen MR) is 101 cm³/mol. The Morgan fingerprint density at radius 2 is 1.81 bits per heavy atom. The number of rotatable bonds is 5. The van der Waals surface area contributed by atoms with Gasteiger partial charge in [-0.05, 0) is 38.5 Å². The van der Waals surface area contributed by atoms with Crippen LogP contribution >= 0.6 is 0 Å². The molecule has 0 aliphatic heterocycles. The lowest BCUT2D eigenvalue weighted by atomic mass is 10.0. The molecule has 0 bridgehead atoms. The second-order valence-electron chi connectivity index (χ2n) is 6.38. The number of carbonyl (C=O) groups excluding carboxylic acids is 1. The van der Waals surface area contributed by atoms with Crippen molar-refractivity contribution in [3.8, 4) is 17.0 Å². The lowest BCUT2D eigenvalue weighted by molar-refractivity contribution is 0.0784. The minimum Gasteiger partial charge on any atom is -0.480 e. The largest absolute Gasteiger partial charge is 0.480 e. The first kappa shape index (κ1) is 18.6. The fourth-order valence-corrected chi connectivity index (χ4v) is 2.98. The lowest BCUT2D eigenvalue weighted by Gasteiger charge is -2.17. The summed E-state index contributed by atoms with van der Waals surface area (Å²) in [6.07, 6.45) is 1.47. The smallest absolute Gasteiger partial charge is 0.253 e. The van der Waals surface area contributed by atoms with Crippen LogP contribution in [0.4, 0.5) is 0 Å². The van der Waals surface area contributed by atoms with E-state index in [2.05, 4.69) is 15.1 Å². The normalized spacial score (nSPS) is 10.7. The quantitative estimate of drug-likeness (QED) is 0.689. The van der Waals surface area contributed by atoms with Crippen molar-refractivity contribution in [1.82, 2.24) is 20.0 Å². The highest BCUT2D eigenvalue weighted by atomic mass is 16.5. The molecule has 27 heavy (non-hydrogen) atoms. The molecule has 3 rings (SSSR count). The van der Waals surface area contributed by atoms with Crippen molar-refractivity contribution in [3.63, 3.8) is 0 Å². The molecule has 0 spiro atoms. The molecule has 0 saturated carbocycles. The lowest BCUT2D eigenvalue weighted by Crippen LogP contribution is -2.26. The molecule has 0 N–H and O–H groups in total. The Hall–Kier alpha value is -3.22. The maximum absolute atomic E-state index is 12.8. The van der Waals surface area contributed by atoms with Crippen molar-refractivity contribution in [3.05, 3.63) is 58.9 Å². The van der Waals surface area contributed by atoms with Gasteiger partial charge in [-0.15, -0.1) is 0 Å². The van der Waals surface area contributed by atoms with Gasteiger partial charge >= 0.3 is 0 Å². The van der Waals surface area contributed by atoms with Gasteiger partial charge in [0.1, 0.15) is 12.1 Å². The minimum atomic E-state index is -0.0745. The SMILES string of the molecule is COc1ncnc(C)c1-c1ccc(C(=O)N(C)Cc2c(C)noc2C)cc1. The van der Waals surface area contributed by atoms with E-state index in [4.69, 9.17) is 9.26 Å². The molecule has 2 aromatic heterocycles. The Bertz CT molecular complexity index is 944. The summed E-state index contributed by atoms with van der Waals surface area (Å²) in [5, 5.41) is 3.93. The maximum Gasteiger partial charge on any atom is 0.253 e. The summed E-state index contributed by atoms with van der Waals surface area (Å²) in [7, 11) is 3.34. The fraction of sp³-hybridized carbons (Fsp3) is 0.300. The maximum atomic E-state index is 12.8. The molecule has 0 radical (unpaired) electrons. The van der Waals surface area contributed by atoms with Gasteiger partial charge in [0, 0.05) is 18.2 Å². The van der Waals surface area contributed by atoms with Crippen LogP contribution in [0.3, 0.4) is 0 Å². The number of nitrogens with zero attached hydrogens (tertiary/aromatic N) is 4. The van der Waals surface area contributed by atoms with E-state index in [1.54, 1.807) is 31.2 Å². The summed E-state index contributed by atoms with van der Waals surface area (Å²) in [5.74, 6) is 1.17. The fourth-order valence-electron chi connectivity index (χ4n) is 2.98. The molecule has 0 fully saturated rings. The zero-order valence-electron chi connectivity index (χ0n) is 16.1. The van der Waals surface area contributed by atoms with Crippen molar-refractivity contribution in [2.75, 3.05) is 14.2 Å². The van der Waals surface area contributed by atoms with Gasteiger partial charge in [-0.1, -0.05) is 17.3 Å². The molecule has 1 aromatic carbocycles. The highest BCUT2D eigenvalue weighted by Gasteiger charge is 2.18. The number of aromatic nitrogens is 3. The third-order valence-corrected chi connectivity index (χ3v) is 4.54. The van der Waals surface area contributed by atoms with Gasteiger partial charge in [-0.2, -0.15) is 0 Å². The first-order chi connectivity index (χ1) is 12.9. The number of hydrogen-bond donors (Lipinski definition) is 0. The zero-order chi connectivity index (χ0) is 19.6. The number of ether oxygens (including phenoxy) is 1. The van der Waals surface area contributed by atoms with E-state index in [1.807, 2.05) is 32.9 Å². The van der Waals surface area contributed by atoms with Gasteiger partial charge in [0.15, 0.2) is 0 Å². The Morgan fingerprint density at radius 1 is 1.11 bits per heavy atom. The number of hydrogen-bond acceptors (Lipinski definition) is 6. The van der Waals surface area contributed by atoms with E-state index in [0.29, 0.717) is 18.0 Å². The van der Waals surface area contributed by atoms with Crippen LogP contribution in [0.1, 0.15) is 33.1 Å². The molecule has 0 saturated heterocycles. The monoisotopic (exact) mass is 366 g/mol. The third-order valence-electron chi connectivity index (χ3n) is 4.54. The molecule has 1 amide bonds. The second-order valence-corrected chi connectivity index (χ2v) is 6.38. The summed E-state index contributed by atoms with van der Waals surface area (Å²) in [6, 6.07) is 7.36. The summed E-state index contributed by atoms with van der Waals surface area (Å²) in [6.45, 7) is 6.06. The molecule has 3 aromatic rings. The van der Waals surface area contributed by atoms with Crippen LogP contribution in [0, 0.1) is 20.8 Å². The van der Waals surface area contributed by atoms with Crippen LogP contribution in [-0.2, 0) is 6.54 Å². The predicted octanol–water partition coefficient (Wildman–Crippen LogP) is 3.34. The van der Waals surface area contributed by atoms with Crippen molar-refractivity contribution in [2.24, 2.45) is 0 Å². The van der Waals surface area contributed by atoms with E-state index in [9.17, 15) is 4.79 Å². The Labute approximate surface area is 158 Å². The Balaban J connectivity index is 1.82. The topological polar surface area (TPSA) is 81.4 Å². The molecular formula is C20H22N4O3. The number of methoxy groups -OCH3 is 1. The highest BCUT2D eigenvalue weighted by Crippen LogP contribution is 2.30. The van der Waals surface area contributed by atoms with Crippen LogP contribution in [0.25, 0.3) is 11.1 Å². The van der Waals surface area contributed by atoms with E-state index >= 15 is 0 Å². The standard InChI is InChI=1S/C20H22N4O3/c1-12-17(14(3)27-23-12)10-24(4)20(25)16-8-6-15(7-9-16)18-13(2)21-11-22-19(18)26-5/h6-9,11H,10H2,1-5H3. The van der Waals surface area contributed by atoms with E-state index in [1.165, 1.54) is 6.33 Å². The first-order valence-corrected chi connectivity index (χ1v) is 8.55. The van der Waals surface area contributed by atoms with Crippen LogP contribution in [0.15, 0.2) is 35.1 Å². The van der Waals surface area contributed by atoms with Gasteiger partial charge < -0.3 is 14.2 Å². The number of amides is 1. The summed E-state index contributed by atoms with van der Waals surface area (Å²) in [4.78, 5) is 22.8. The second kappa shape index (κ2) is 7.57. The molecule has 0 unspecified atom stereocenters. The Kier molecular flexibility index (Phi) is 5.21. The first-order valence-electron chi connectivity index (χ1n) is 8.55. The van der Waals surface area contributed by atoms with E-state index < -0.39 is 0 Å². The van der Waals surface area contributed by atoms with Crippen LogP contribution < -0.4 is 4.74 Å². The van der Waals surface area contributed by atoms with Crippen LogP contribution in [0.2, 0.25) is 0 Å². The third kappa shape index (κ3) is 3.67. The highest BCUT2D eigenvalue weighted by molar-refractivity contribution is 5.94. The van der Waals surface area contributed by atoms with Crippen LogP contribution in [0.5, 0.6) is 5.88 Å². The molecule has 140 valence electrons. The average molecular weight is 366 g/mol. The number of benzene rings is 1. The van der Waals surface area contributed by atoms with Crippen molar-refractivity contribution >= 4 is 5.91 Å². The van der Waals surface area contributed by atoms with Crippen molar-refractivity contribution < 1.29 is 14.1 Å². The van der Waals surface area contributed by atoms with Gasteiger partial charge in [-0.25, -0.2) is 9.97 Å². The molecular weight excluding hydrogens is 344 g/mol. The van der Waals surface area contributed by atoms with Gasteiger partial charge in [0.2, 0.25) is 5.88 Å².